The Morgan fingerprint density at radius 1 is 1.15 bits per heavy atom. The van der Waals surface area contributed by atoms with Gasteiger partial charge in [0.25, 0.3) is 0 Å². The van der Waals surface area contributed by atoms with Gasteiger partial charge in [0, 0.05) is 5.56 Å². The predicted molar refractivity (Wildman–Crippen MR) is 76.6 cm³/mol. The maximum Gasteiger partial charge on any atom is 0.232 e. The third-order valence-electron chi connectivity index (χ3n) is 3.85. The summed E-state index contributed by atoms with van der Waals surface area (Å²) in [4.78, 5) is 4.43. The molecule has 1 aromatic carbocycles. The number of rotatable bonds is 2. The SMILES string of the molecule is OC1CCCCCC1c1nc(-c2ccccc2Cl)no1. The Morgan fingerprint density at radius 3 is 2.80 bits per heavy atom. The van der Waals surface area contributed by atoms with Crippen LogP contribution in [0.3, 0.4) is 0 Å². The summed E-state index contributed by atoms with van der Waals surface area (Å²) >= 11 is 6.14. The van der Waals surface area contributed by atoms with Gasteiger partial charge in [-0.15, -0.1) is 0 Å². The zero-order chi connectivity index (χ0) is 13.9. The summed E-state index contributed by atoms with van der Waals surface area (Å²) in [5.41, 5.74) is 0.757. The molecule has 5 heteroatoms. The van der Waals surface area contributed by atoms with Gasteiger partial charge in [-0.1, -0.05) is 48.2 Å². The molecule has 0 saturated heterocycles. The maximum absolute atomic E-state index is 10.2. The van der Waals surface area contributed by atoms with Crippen molar-refractivity contribution in [3.63, 3.8) is 0 Å². The smallest absolute Gasteiger partial charge is 0.232 e. The maximum atomic E-state index is 10.2. The van der Waals surface area contributed by atoms with Gasteiger partial charge in [-0.3, -0.25) is 0 Å². The lowest BCUT2D eigenvalue weighted by Gasteiger charge is -2.15. The lowest BCUT2D eigenvalue weighted by Crippen LogP contribution is -2.17. The number of aliphatic hydroxyl groups excluding tert-OH is 1. The molecule has 3 rings (SSSR count). The molecule has 0 bridgehead atoms. The molecule has 1 heterocycles. The highest BCUT2D eigenvalue weighted by Gasteiger charge is 2.28. The van der Waals surface area contributed by atoms with E-state index < -0.39 is 6.10 Å². The second kappa shape index (κ2) is 5.94. The van der Waals surface area contributed by atoms with Crippen LogP contribution >= 0.6 is 11.6 Å². The van der Waals surface area contributed by atoms with Crippen LogP contribution in [-0.2, 0) is 0 Å². The third kappa shape index (κ3) is 2.72. The lowest BCUT2D eigenvalue weighted by atomic mass is 9.97. The molecule has 1 aliphatic carbocycles. The zero-order valence-electron chi connectivity index (χ0n) is 11.1. The molecule has 1 fully saturated rings. The van der Waals surface area contributed by atoms with Crippen molar-refractivity contribution in [2.75, 3.05) is 0 Å². The summed E-state index contributed by atoms with van der Waals surface area (Å²) in [6.45, 7) is 0. The van der Waals surface area contributed by atoms with E-state index in [0.717, 1.165) is 37.7 Å². The van der Waals surface area contributed by atoms with Gasteiger partial charge in [-0.05, 0) is 25.0 Å². The average molecular weight is 293 g/mol. The van der Waals surface area contributed by atoms with Crippen LogP contribution in [0.1, 0.15) is 43.9 Å². The van der Waals surface area contributed by atoms with Crippen molar-refractivity contribution >= 4 is 11.6 Å². The molecule has 0 amide bonds. The Labute approximate surface area is 122 Å². The van der Waals surface area contributed by atoms with Gasteiger partial charge in [-0.25, -0.2) is 0 Å². The van der Waals surface area contributed by atoms with Crippen molar-refractivity contribution in [3.8, 4) is 11.4 Å². The fourth-order valence-electron chi connectivity index (χ4n) is 2.71. The molecule has 2 aromatic rings. The molecule has 0 aliphatic heterocycles. The molecule has 2 atom stereocenters. The van der Waals surface area contributed by atoms with Gasteiger partial charge in [0.05, 0.1) is 17.0 Å². The van der Waals surface area contributed by atoms with Crippen molar-refractivity contribution in [2.24, 2.45) is 0 Å². The summed E-state index contributed by atoms with van der Waals surface area (Å²) in [6, 6.07) is 7.41. The molecule has 4 nitrogen and oxygen atoms in total. The number of halogens is 1. The Hall–Kier alpha value is -1.39. The summed E-state index contributed by atoms with van der Waals surface area (Å²) in [5, 5.41) is 14.8. The van der Waals surface area contributed by atoms with E-state index in [4.69, 9.17) is 16.1 Å². The summed E-state index contributed by atoms with van der Waals surface area (Å²) in [5.74, 6) is 0.956. The number of hydrogen-bond donors (Lipinski definition) is 1. The molecule has 20 heavy (non-hydrogen) atoms. The van der Waals surface area contributed by atoms with Crippen LogP contribution in [0, 0.1) is 0 Å². The van der Waals surface area contributed by atoms with Crippen LogP contribution in [0.4, 0.5) is 0 Å². The Morgan fingerprint density at radius 2 is 1.95 bits per heavy atom. The first-order valence-corrected chi connectivity index (χ1v) is 7.40. The Balaban J connectivity index is 1.88. The van der Waals surface area contributed by atoms with Gasteiger partial charge in [0.2, 0.25) is 11.7 Å². The largest absolute Gasteiger partial charge is 0.392 e. The standard InChI is InChI=1S/C15H17ClN2O2/c16-12-8-5-4-6-10(12)14-17-15(20-18-14)11-7-2-1-3-9-13(11)19/h4-6,8,11,13,19H,1-3,7,9H2. The number of nitrogens with zero attached hydrogens (tertiary/aromatic N) is 2. The van der Waals surface area contributed by atoms with Gasteiger partial charge in [-0.2, -0.15) is 4.98 Å². The van der Waals surface area contributed by atoms with E-state index in [0.29, 0.717) is 16.7 Å². The Bertz CT molecular complexity index is 585. The van der Waals surface area contributed by atoms with E-state index in [1.54, 1.807) is 6.07 Å². The van der Waals surface area contributed by atoms with Gasteiger partial charge >= 0.3 is 0 Å². The minimum Gasteiger partial charge on any atom is -0.392 e. The molecular formula is C15H17ClN2O2. The summed E-state index contributed by atoms with van der Waals surface area (Å²) in [6.07, 6.45) is 4.60. The highest BCUT2D eigenvalue weighted by molar-refractivity contribution is 6.33. The fourth-order valence-corrected chi connectivity index (χ4v) is 2.93. The van der Waals surface area contributed by atoms with Crippen molar-refractivity contribution < 1.29 is 9.63 Å². The van der Waals surface area contributed by atoms with Crippen molar-refractivity contribution in [2.45, 2.75) is 44.1 Å². The second-order valence-electron chi connectivity index (χ2n) is 5.25. The minimum absolute atomic E-state index is 0.0544. The molecular weight excluding hydrogens is 276 g/mol. The Kier molecular flexibility index (Phi) is 4.03. The van der Waals surface area contributed by atoms with Crippen molar-refractivity contribution in [3.05, 3.63) is 35.2 Å². The van der Waals surface area contributed by atoms with Crippen molar-refractivity contribution in [1.82, 2.24) is 10.1 Å². The number of hydrogen-bond acceptors (Lipinski definition) is 4. The second-order valence-corrected chi connectivity index (χ2v) is 5.66. The van der Waals surface area contributed by atoms with Crippen LogP contribution in [0.5, 0.6) is 0 Å². The van der Waals surface area contributed by atoms with E-state index in [9.17, 15) is 5.11 Å². The molecule has 0 spiro atoms. The molecule has 0 radical (unpaired) electrons. The van der Waals surface area contributed by atoms with E-state index in [1.165, 1.54) is 0 Å². The molecule has 2 unspecified atom stereocenters. The van der Waals surface area contributed by atoms with Crippen LogP contribution in [-0.4, -0.2) is 21.4 Å². The number of aliphatic hydroxyl groups is 1. The third-order valence-corrected chi connectivity index (χ3v) is 4.18. The zero-order valence-corrected chi connectivity index (χ0v) is 11.9. The molecule has 1 aliphatic rings. The summed E-state index contributed by atoms with van der Waals surface area (Å²) in [7, 11) is 0. The van der Waals surface area contributed by atoms with Crippen molar-refractivity contribution in [1.29, 1.82) is 0 Å². The number of benzene rings is 1. The monoisotopic (exact) mass is 292 g/mol. The highest BCUT2D eigenvalue weighted by Crippen LogP contribution is 2.33. The molecule has 1 N–H and O–H groups in total. The molecule has 106 valence electrons. The quantitative estimate of drug-likeness (QED) is 0.855. The molecule has 1 saturated carbocycles. The molecule has 1 aromatic heterocycles. The lowest BCUT2D eigenvalue weighted by molar-refractivity contribution is 0.119. The normalized spacial score (nSPS) is 23.5. The summed E-state index contributed by atoms with van der Waals surface area (Å²) < 4.78 is 5.36. The van der Waals surface area contributed by atoms with Crippen LogP contribution in [0.15, 0.2) is 28.8 Å². The van der Waals surface area contributed by atoms with Gasteiger partial charge in [0.15, 0.2) is 0 Å². The van der Waals surface area contributed by atoms with E-state index >= 15 is 0 Å². The first-order valence-electron chi connectivity index (χ1n) is 7.02. The van der Waals surface area contributed by atoms with E-state index in [1.807, 2.05) is 18.2 Å². The first-order chi connectivity index (χ1) is 9.75. The first kappa shape index (κ1) is 13.6. The number of aromatic nitrogens is 2. The predicted octanol–water partition coefficient (Wildman–Crippen LogP) is 3.80. The average Bonchev–Trinajstić information content (AvgIpc) is 2.82. The van der Waals surface area contributed by atoms with E-state index in [2.05, 4.69) is 10.1 Å². The van der Waals surface area contributed by atoms with Gasteiger partial charge in [0.1, 0.15) is 0 Å². The van der Waals surface area contributed by atoms with Crippen LogP contribution in [0.2, 0.25) is 5.02 Å². The van der Waals surface area contributed by atoms with Gasteiger partial charge < -0.3 is 9.63 Å². The topological polar surface area (TPSA) is 59.2 Å². The highest BCUT2D eigenvalue weighted by atomic mass is 35.5. The minimum atomic E-state index is -0.392. The van der Waals surface area contributed by atoms with Crippen LogP contribution < -0.4 is 0 Å². The van der Waals surface area contributed by atoms with Crippen LogP contribution in [0.25, 0.3) is 11.4 Å². The fraction of sp³-hybridized carbons (Fsp3) is 0.467. The van der Waals surface area contributed by atoms with E-state index in [-0.39, 0.29) is 5.92 Å².